The fourth-order valence-electron chi connectivity index (χ4n) is 4.83. The average molecular weight is 426 g/mol. The maximum atomic E-state index is 13.5. The molecule has 32 heavy (non-hydrogen) atoms. The number of benzene rings is 1. The van der Waals surface area contributed by atoms with E-state index in [0.29, 0.717) is 29.1 Å². The number of amides is 2. The Morgan fingerprint density at radius 1 is 1.03 bits per heavy atom. The molecule has 8 heteroatoms. The molecule has 0 bridgehead atoms. The second-order valence-corrected chi connectivity index (χ2v) is 8.54. The van der Waals surface area contributed by atoms with Crippen LogP contribution in [0.3, 0.4) is 0 Å². The van der Waals surface area contributed by atoms with Crippen molar-refractivity contribution in [1.29, 1.82) is 0 Å². The van der Waals surface area contributed by atoms with E-state index in [2.05, 4.69) is 14.9 Å². The van der Waals surface area contributed by atoms with E-state index in [0.717, 1.165) is 24.0 Å². The summed E-state index contributed by atoms with van der Waals surface area (Å²) in [6, 6.07) is 11.1. The van der Waals surface area contributed by atoms with E-state index < -0.39 is 0 Å². The molecule has 0 saturated heterocycles. The van der Waals surface area contributed by atoms with Crippen molar-refractivity contribution in [2.45, 2.75) is 37.9 Å². The van der Waals surface area contributed by atoms with Crippen LogP contribution < -0.4 is 14.7 Å². The third kappa shape index (κ3) is 2.65. The molecule has 1 saturated carbocycles. The maximum absolute atomic E-state index is 13.5. The lowest BCUT2D eigenvalue weighted by molar-refractivity contribution is -0.119. The van der Waals surface area contributed by atoms with Gasteiger partial charge in [-0.05, 0) is 43.0 Å². The van der Waals surface area contributed by atoms with Crippen LogP contribution in [0.4, 0.5) is 17.5 Å². The molecule has 0 spiro atoms. The van der Waals surface area contributed by atoms with E-state index in [1.165, 1.54) is 0 Å². The summed E-state index contributed by atoms with van der Waals surface area (Å²) in [6.45, 7) is 1.91. The minimum atomic E-state index is -0.361. The van der Waals surface area contributed by atoms with E-state index in [1.807, 2.05) is 43.3 Å². The standard InChI is InChI=1S/C24H22N6O2/c1-14-22(31)28(2)19-13-26-24(27-21(19)29(14)16-9-10-16)30-20(15-6-5-11-25-12-15)17-7-3-4-8-18(17)23(30)32/h3-8,11-14,16,20H,9-10H2,1-2H3. The van der Waals surface area contributed by atoms with Crippen LogP contribution in [-0.2, 0) is 4.79 Å². The third-order valence-corrected chi connectivity index (χ3v) is 6.57. The second kappa shape index (κ2) is 6.85. The van der Waals surface area contributed by atoms with Crippen LogP contribution in [0.15, 0.2) is 55.0 Å². The number of aromatic nitrogens is 3. The van der Waals surface area contributed by atoms with Gasteiger partial charge in [0.2, 0.25) is 11.9 Å². The van der Waals surface area contributed by atoms with Crippen LogP contribution in [-0.4, -0.2) is 45.9 Å². The summed E-state index contributed by atoms with van der Waals surface area (Å²) in [5.41, 5.74) is 3.12. The van der Waals surface area contributed by atoms with E-state index >= 15 is 0 Å². The summed E-state index contributed by atoms with van der Waals surface area (Å²) in [5.74, 6) is 0.930. The first-order valence-electron chi connectivity index (χ1n) is 10.8. The largest absolute Gasteiger partial charge is 0.340 e. The van der Waals surface area contributed by atoms with Gasteiger partial charge in [-0.2, -0.15) is 4.98 Å². The Bertz CT molecular complexity index is 1240. The Morgan fingerprint density at radius 3 is 2.59 bits per heavy atom. The highest BCUT2D eigenvalue weighted by atomic mass is 16.2. The lowest BCUT2D eigenvalue weighted by atomic mass is 9.99. The summed E-state index contributed by atoms with van der Waals surface area (Å²) < 4.78 is 0. The molecule has 3 aromatic rings. The third-order valence-electron chi connectivity index (χ3n) is 6.57. The molecule has 160 valence electrons. The minimum absolute atomic E-state index is 0.0265. The molecule has 2 aromatic heterocycles. The molecule has 6 rings (SSSR count). The molecule has 3 aliphatic rings. The number of rotatable bonds is 3. The van der Waals surface area contributed by atoms with Gasteiger partial charge in [-0.25, -0.2) is 4.98 Å². The first kappa shape index (κ1) is 18.9. The van der Waals surface area contributed by atoms with E-state index in [9.17, 15) is 9.59 Å². The van der Waals surface area contributed by atoms with Crippen LogP contribution in [0.2, 0.25) is 0 Å². The topological polar surface area (TPSA) is 82.5 Å². The molecule has 2 aliphatic heterocycles. The number of pyridine rings is 1. The van der Waals surface area contributed by atoms with Crippen molar-refractivity contribution in [3.05, 3.63) is 71.7 Å². The summed E-state index contributed by atoms with van der Waals surface area (Å²) in [5, 5.41) is 0. The smallest absolute Gasteiger partial charge is 0.261 e. The van der Waals surface area contributed by atoms with Crippen molar-refractivity contribution in [3.8, 4) is 0 Å². The Balaban J connectivity index is 1.51. The van der Waals surface area contributed by atoms with Crippen molar-refractivity contribution in [2.24, 2.45) is 0 Å². The van der Waals surface area contributed by atoms with Gasteiger partial charge in [0.15, 0.2) is 5.82 Å². The number of carbonyl (C=O) groups excluding carboxylic acids is 2. The van der Waals surface area contributed by atoms with E-state index in [1.54, 1.807) is 35.4 Å². The van der Waals surface area contributed by atoms with Gasteiger partial charge in [0.05, 0.1) is 12.2 Å². The maximum Gasteiger partial charge on any atom is 0.261 e. The predicted molar refractivity (Wildman–Crippen MR) is 120 cm³/mol. The molecule has 1 aromatic carbocycles. The normalized spacial score (nSPS) is 22.2. The number of fused-ring (bicyclic) bond motifs is 2. The first-order chi connectivity index (χ1) is 15.6. The van der Waals surface area contributed by atoms with Crippen molar-refractivity contribution < 1.29 is 9.59 Å². The van der Waals surface area contributed by atoms with E-state index in [-0.39, 0.29) is 23.9 Å². The number of carbonyl (C=O) groups is 2. The Morgan fingerprint density at radius 2 is 1.84 bits per heavy atom. The van der Waals surface area contributed by atoms with Gasteiger partial charge >= 0.3 is 0 Å². The molecule has 0 radical (unpaired) electrons. The van der Waals surface area contributed by atoms with Crippen molar-refractivity contribution in [2.75, 3.05) is 21.7 Å². The SMILES string of the molecule is CC1C(=O)N(C)c2cnc(N3C(=O)c4ccccc4C3c3cccnc3)nc2N1C1CC1. The Kier molecular flexibility index (Phi) is 4.05. The van der Waals surface area contributed by atoms with Crippen molar-refractivity contribution in [3.63, 3.8) is 0 Å². The van der Waals surface area contributed by atoms with Crippen molar-refractivity contribution >= 4 is 29.3 Å². The summed E-state index contributed by atoms with van der Waals surface area (Å²) >= 11 is 0. The summed E-state index contributed by atoms with van der Waals surface area (Å²) in [7, 11) is 1.75. The lowest BCUT2D eigenvalue weighted by Gasteiger charge is -2.39. The van der Waals surface area contributed by atoms with Gasteiger partial charge in [-0.3, -0.25) is 19.5 Å². The fourth-order valence-corrected chi connectivity index (χ4v) is 4.83. The number of likely N-dealkylation sites (N-methyl/N-ethyl adjacent to an activating group) is 1. The Hall–Kier alpha value is -3.81. The molecule has 2 amide bonds. The fraction of sp³-hybridized carbons (Fsp3) is 0.292. The zero-order valence-corrected chi connectivity index (χ0v) is 17.8. The zero-order valence-electron chi connectivity index (χ0n) is 17.8. The van der Waals surface area contributed by atoms with Gasteiger partial charge in [-0.15, -0.1) is 0 Å². The molecular weight excluding hydrogens is 404 g/mol. The molecule has 8 nitrogen and oxygen atoms in total. The summed E-state index contributed by atoms with van der Waals surface area (Å²) in [4.78, 5) is 45.3. The molecule has 2 unspecified atom stereocenters. The number of hydrogen-bond donors (Lipinski definition) is 0. The van der Waals surface area contributed by atoms with Crippen LogP contribution in [0, 0.1) is 0 Å². The quantitative estimate of drug-likeness (QED) is 0.640. The van der Waals surface area contributed by atoms with Crippen LogP contribution in [0.5, 0.6) is 0 Å². The number of anilines is 3. The monoisotopic (exact) mass is 426 g/mol. The molecular formula is C24H22N6O2. The molecule has 1 aliphatic carbocycles. The van der Waals surface area contributed by atoms with Crippen molar-refractivity contribution in [1.82, 2.24) is 15.0 Å². The molecule has 4 heterocycles. The zero-order chi connectivity index (χ0) is 22.0. The van der Waals surface area contributed by atoms with Gasteiger partial charge in [-0.1, -0.05) is 24.3 Å². The summed E-state index contributed by atoms with van der Waals surface area (Å²) in [6.07, 6.45) is 7.22. The van der Waals surface area contributed by atoms with Crippen LogP contribution >= 0.6 is 0 Å². The minimum Gasteiger partial charge on any atom is -0.340 e. The number of hydrogen-bond acceptors (Lipinski definition) is 6. The highest BCUT2D eigenvalue weighted by molar-refractivity contribution is 6.11. The predicted octanol–water partition coefficient (Wildman–Crippen LogP) is 2.96. The van der Waals surface area contributed by atoms with Gasteiger partial charge in [0, 0.05) is 31.0 Å². The van der Waals surface area contributed by atoms with Gasteiger partial charge in [0.25, 0.3) is 5.91 Å². The lowest BCUT2D eigenvalue weighted by Crippen LogP contribution is -2.52. The molecule has 0 N–H and O–H groups in total. The number of nitrogens with zero attached hydrogens (tertiary/aromatic N) is 6. The van der Waals surface area contributed by atoms with Crippen LogP contribution in [0.1, 0.15) is 47.3 Å². The average Bonchev–Trinajstić information content (AvgIpc) is 3.61. The highest BCUT2D eigenvalue weighted by Gasteiger charge is 2.45. The van der Waals surface area contributed by atoms with Gasteiger partial charge < -0.3 is 9.80 Å². The van der Waals surface area contributed by atoms with E-state index in [4.69, 9.17) is 4.98 Å². The Labute approximate surface area is 185 Å². The molecule has 2 atom stereocenters. The second-order valence-electron chi connectivity index (χ2n) is 8.54. The first-order valence-corrected chi connectivity index (χ1v) is 10.8. The van der Waals surface area contributed by atoms with Crippen LogP contribution in [0.25, 0.3) is 0 Å². The highest BCUT2D eigenvalue weighted by Crippen LogP contribution is 2.44. The molecule has 1 fully saturated rings. The van der Waals surface area contributed by atoms with Gasteiger partial charge in [0.1, 0.15) is 11.7 Å².